The minimum absolute atomic E-state index is 0.0746. The lowest BCUT2D eigenvalue weighted by Crippen LogP contribution is -2.36. The van der Waals surface area contributed by atoms with E-state index in [2.05, 4.69) is 26.2 Å². The van der Waals surface area contributed by atoms with Crippen LogP contribution < -0.4 is 19.7 Å². The minimum atomic E-state index is -0.0746. The highest BCUT2D eigenvalue weighted by atomic mass is 32.1. The van der Waals surface area contributed by atoms with Gasteiger partial charge < -0.3 is 19.7 Å². The lowest BCUT2D eigenvalue weighted by atomic mass is 10.1. The molecule has 2 heterocycles. The summed E-state index contributed by atoms with van der Waals surface area (Å²) in [5, 5.41) is 14.4. The van der Waals surface area contributed by atoms with E-state index in [1.165, 1.54) is 11.3 Å². The van der Waals surface area contributed by atoms with E-state index in [-0.39, 0.29) is 5.91 Å². The van der Waals surface area contributed by atoms with Crippen molar-refractivity contribution >= 4 is 28.1 Å². The second kappa shape index (κ2) is 11.0. The van der Waals surface area contributed by atoms with Crippen LogP contribution in [0.3, 0.4) is 0 Å². The molecule has 1 aliphatic rings. The normalized spacial score (nSPS) is 14.2. The van der Waals surface area contributed by atoms with Gasteiger partial charge in [0.25, 0.3) is 0 Å². The van der Waals surface area contributed by atoms with E-state index in [1.807, 2.05) is 47.8 Å². The standard InChI is InChI=1S/C25H27N5O3S/c1-32-20-8-9-21(23(14-20)33-2)22-17-34-25(27-22)28-24(31)16-29-10-3-11-30(13-12-29)19-6-4-18(15-26)5-7-19/h4-9,14,17H,3,10-13,16H2,1-2H3,(H,27,28,31). The molecule has 0 bridgehead atoms. The second-order valence-corrected chi connectivity index (χ2v) is 8.79. The number of thiazole rings is 1. The molecule has 1 aliphatic heterocycles. The van der Waals surface area contributed by atoms with E-state index < -0.39 is 0 Å². The van der Waals surface area contributed by atoms with Gasteiger partial charge in [0.05, 0.1) is 38.1 Å². The number of rotatable bonds is 7. The van der Waals surface area contributed by atoms with Gasteiger partial charge in [0.1, 0.15) is 11.5 Å². The number of amides is 1. The molecule has 4 rings (SSSR count). The highest BCUT2D eigenvalue weighted by Crippen LogP contribution is 2.34. The predicted molar refractivity (Wildman–Crippen MR) is 134 cm³/mol. The molecule has 0 unspecified atom stereocenters. The first-order valence-electron chi connectivity index (χ1n) is 11.0. The van der Waals surface area contributed by atoms with Crippen LogP contribution in [0.25, 0.3) is 11.3 Å². The van der Waals surface area contributed by atoms with Crippen LogP contribution in [0.2, 0.25) is 0 Å². The molecule has 1 aromatic heterocycles. The molecule has 1 fully saturated rings. The molecule has 2 aromatic carbocycles. The fourth-order valence-corrected chi connectivity index (χ4v) is 4.69. The number of carbonyl (C=O) groups is 1. The summed E-state index contributed by atoms with van der Waals surface area (Å²) in [7, 11) is 3.22. The van der Waals surface area contributed by atoms with E-state index in [1.54, 1.807) is 14.2 Å². The minimum Gasteiger partial charge on any atom is -0.497 e. The summed E-state index contributed by atoms with van der Waals surface area (Å²) < 4.78 is 10.7. The van der Waals surface area contributed by atoms with Gasteiger partial charge >= 0.3 is 0 Å². The van der Waals surface area contributed by atoms with Crippen LogP contribution in [0.15, 0.2) is 47.8 Å². The molecule has 0 spiro atoms. The number of ether oxygens (including phenoxy) is 2. The Hall–Kier alpha value is -3.61. The van der Waals surface area contributed by atoms with Crippen LogP contribution >= 0.6 is 11.3 Å². The van der Waals surface area contributed by atoms with E-state index in [0.717, 1.165) is 49.5 Å². The van der Waals surface area contributed by atoms with Crippen molar-refractivity contribution in [3.05, 3.63) is 53.4 Å². The van der Waals surface area contributed by atoms with Gasteiger partial charge in [0, 0.05) is 48.9 Å². The number of hydrogen-bond acceptors (Lipinski definition) is 8. The Morgan fingerprint density at radius 2 is 1.94 bits per heavy atom. The smallest absolute Gasteiger partial charge is 0.240 e. The zero-order chi connectivity index (χ0) is 23.9. The predicted octanol–water partition coefficient (Wildman–Crippen LogP) is 3.85. The first-order valence-corrected chi connectivity index (χ1v) is 11.9. The monoisotopic (exact) mass is 477 g/mol. The maximum atomic E-state index is 12.7. The molecule has 176 valence electrons. The number of nitrogens with one attached hydrogen (secondary N) is 1. The molecule has 0 atom stereocenters. The first-order chi connectivity index (χ1) is 16.6. The van der Waals surface area contributed by atoms with E-state index in [9.17, 15) is 4.79 Å². The van der Waals surface area contributed by atoms with Gasteiger partial charge in [-0.3, -0.25) is 9.69 Å². The average molecular weight is 478 g/mol. The number of aromatic nitrogens is 1. The number of carbonyl (C=O) groups excluding carboxylic acids is 1. The van der Waals surface area contributed by atoms with Crippen molar-refractivity contribution in [1.82, 2.24) is 9.88 Å². The number of benzene rings is 2. The number of nitrogens with zero attached hydrogens (tertiary/aromatic N) is 4. The third-order valence-corrected chi connectivity index (χ3v) is 6.51. The Morgan fingerprint density at radius 1 is 1.12 bits per heavy atom. The van der Waals surface area contributed by atoms with Gasteiger partial charge in [-0.25, -0.2) is 4.98 Å². The summed E-state index contributed by atoms with van der Waals surface area (Å²) in [6, 6.07) is 15.4. The van der Waals surface area contributed by atoms with Gasteiger partial charge in [-0.15, -0.1) is 11.3 Å². The van der Waals surface area contributed by atoms with Gasteiger partial charge in [0.15, 0.2) is 5.13 Å². The number of hydrogen-bond donors (Lipinski definition) is 1. The zero-order valence-electron chi connectivity index (χ0n) is 19.3. The molecule has 1 saturated heterocycles. The molecular formula is C25H27N5O3S. The summed E-state index contributed by atoms with van der Waals surface area (Å²) in [6.45, 7) is 3.72. The molecule has 0 radical (unpaired) electrons. The van der Waals surface area contributed by atoms with E-state index in [4.69, 9.17) is 14.7 Å². The maximum Gasteiger partial charge on any atom is 0.240 e. The Bertz CT molecular complexity index is 1170. The van der Waals surface area contributed by atoms with Gasteiger partial charge in [0.2, 0.25) is 5.91 Å². The van der Waals surface area contributed by atoms with E-state index in [0.29, 0.717) is 28.7 Å². The fraction of sp³-hybridized carbons (Fsp3) is 0.320. The largest absolute Gasteiger partial charge is 0.497 e. The molecule has 0 aliphatic carbocycles. The third kappa shape index (κ3) is 5.65. The van der Waals surface area contributed by atoms with Gasteiger partial charge in [-0.2, -0.15) is 5.26 Å². The van der Waals surface area contributed by atoms with Crippen LogP contribution in [0, 0.1) is 11.3 Å². The Morgan fingerprint density at radius 3 is 2.68 bits per heavy atom. The fourth-order valence-electron chi connectivity index (χ4n) is 3.96. The summed E-state index contributed by atoms with van der Waals surface area (Å²) >= 11 is 1.39. The SMILES string of the molecule is COc1ccc(-c2csc(NC(=O)CN3CCCN(c4ccc(C#N)cc4)CC3)n2)c(OC)c1. The summed E-state index contributed by atoms with van der Waals surface area (Å²) in [6.07, 6.45) is 0.964. The van der Waals surface area contributed by atoms with Crippen molar-refractivity contribution in [3.8, 4) is 28.8 Å². The van der Waals surface area contributed by atoms with E-state index >= 15 is 0 Å². The van der Waals surface area contributed by atoms with Crippen LogP contribution in [0.4, 0.5) is 10.8 Å². The molecule has 34 heavy (non-hydrogen) atoms. The molecular weight excluding hydrogens is 450 g/mol. The Labute approximate surface area is 203 Å². The van der Waals surface area contributed by atoms with Crippen molar-refractivity contribution < 1.29 is 14.3 Å². The van der Waals surface area contributed by atoms with Crippen molar-refractivity contribution in [2.24, 2.45) is 0 Å². The number of anilines is 2. The van der Waals surface area contributed by atoms with Crippen molar-refractivity contribution in [1.29, 1.82) is 5.26 Å². The topological polar surface area (TPSA) is 90.7 Å². The molecule has 8 nitrogen and oxygen atoms in total. The van der Waals surface area contributed by atoms with Crippen molar-refractivity contribution in [2.75, 3.05) is 57.2 Å². The molecule has 0 saturated carbocycles. The van der Waals surface area contributed by atoms with Crippen LogP contribution in [-0.4, -0.2) is 62.7 Å². The third-order valence-electron chi connectivity index (χ3n) is 5.75. The molecule has 1 N–H and O–H groups in total. The first kappa shape index (κ1) is 23.5. The lowest BCUT2D eigenvalue weighted by molar-refractivity contribution is -0.117. The Balaban J connectivity index is 1.33. The van der Waals surface area contributed by atoms with Gasteiger partial charge in [-0.05, 0) is 42.8 Å². The van der Waals surface area contributed by atoms with Crippen molar-refractivity contribution in [3.63, 3.8) is 0 Å². The number of methoxy groups -OCH3 is 2. The summed E-state index contributed by atoms with van der Waals surface area (Å²) in [5.74, 6) is 1.30. The highest BCUT2D eigenvalue weighted by molar-refractivity contribution is 7.14. The zero-order valence-corrected chi connectivity index (χ0v) is 20.1. The Kier molecular flexibility index (Phi) is 7.62. The summed E-state index contributed by atoms with van der Waals surface area (Å²) in [4.78, 5) is 21.7. The second-order valence-electron chi connectivity index (χ2n) is 7.93. The quantitative estimate of drug-likeness (QED) is 0.553. The van der Waals surface area contributed by atoms with Crippen LogP contribution in [-0.2, 0) is 4.79 Å². The van der Waals surface area contributed by atoms with Crippen LogP contribution in [0.1, 0.15) is 12.0 Å². The lowest BCUT2D eigenvalue weighted by Gasteiger charge is -2.23. The summed E-state index contributed by atoms with van der Waals surface area (Å²) in [5.41, 5.74) is 3.35. The van der Waals surface area contributed by atoms with Crippen molar-refractivity contribution in [2.45, 2.75) is 6.42 Å². The van der Waals surface area contributed by atoms with Gasteiger partial charge in [-0.1, -0.05) is 0 Å². The molecule has 9 heteroatoms. The molecule has 3 aromatic rings. The van der Waals surface area contributed by atoms with Crippen LogP contribution in [0.5, 0.6) is 11.5 Å². The highest BCUT2D eigenvalue weighted by Gasteiger charge is 2.19. The number of nitriles is 1. The average Bonchev–Trinajstić information content (AvgIpc) is 3.20. The molecule has 1 amide bonds. The maximum absolute atomic E-state index is 12.7.